The first-order valence-electron chi connectivity index (χ1n) is 7.27. The molecule has 1 aliphatic heterocycles. The number of rotatable bonds is 1. The van der Waals surface area contributed by atoms with Gasteiger partial charge in [0.25, 0.3) is 0 Å². The molecule has 2 atom stereocenters. The van der Waals surface area contributed by atoms with Gasteiger partial charge in [-0.05, 0) is 37.8 Å². The van der Waals surface area contributed by atoms with E-state index in [1.165, 1.54) is 12.8 Å². The maximum atomic E-state index is 9.44. The topological polar surface area (TPSA) is 39.9 Å². The third-order valence-electron chi connectivity index (χ3n) is 4.47. The molecule has 3 rings (SSSR count). The summed E-state index contributed by atoms with van der Waals surface area (Å²) in [5.74, 6) is 1.49. The van der Waals surface area contributed by atoms with E-state index in [2.05, 4.69) is 24.8 Å². The van der Waals surface area contributed by atoms with Crippen molar-refractivity contribution in [3.05, 3.63) is 35.9 Å². The fourth-order valence-electron chi connectivity index (χ4n) is 3.04. The number of pyridine rings is 1. The van der Waals surface area contributed by atoms with Crippen LogP contribution in [-0.2, 0) is 0 Å². The van der Waals surface area contributed by atoms with Gasteiger partial charge in [0.05, 0.1) is 11.1 Å². The number of aromatic nitrogens is 1. The van der Waals surface area contributed by atoms with Crippen LogP contribution in [0.5, 0.6) is 0 Å². The molecule has 3 nitrogen and oxygen atoms in total. The van der Waals surface area contributed by atoms with E-state index in [1.807, 2.05) is 30.3 Å². The predicted octanol–water partition coefficient (Wildman–Crippen LogP) is 3.73. The number of nitriles is 1. The first-order chi connectivity index (χ1) is 9.70. The number of anilines is 1. The van der Waals surface area contributed by atoms with Gasteiger partial charge in [0, 0.05) is 18.0 Å². The second kappa shape index (κ2) is 5.13. The Morgan fingerprint density at radius 1 is 1.30 bits per heavy atom. The van der Waals surface area contributed by atoms with Gasteiger partial charge in [0.1, 0.15) is 11.9 Å². The summed E-state index contributed by atoms with van der Waals surface area (Å²) < 4.78 is 0. The molecule has 1 saturated heterocycles. The number of fused-ring (bicyclic) bond motifs is 1. The van der Waals surface area contributed by atoms with Gasteiger partial charge >= 0.3 is 0 Å². The molecular formula is C17H19N3. The van der Waals surface area contributed by atoms with Crippen LogP contribution in [0.2, 0.25) is 0 Å². The van der Waals surface area contributed by atoms with E-state index < -0.39 is 0 Å². The second-order valence-corrected chi connectivity index (χ2v) is 5.72. The quantitative estimate of drug-likeness (QED) is 0.788. The molecule has 20 heavy (non-hydrogen) atoms. The van der Waals surface area contributed by atoms with Crippen molar-refractivity contribution in [1.82, 2.24) is 4.98 Å². The lowest BCUT2D eigenvalue weighted by Crippen LogP contribution is -2.43. The van der Waals surface area contributed by atoms with Gasteiger partial charge in [-0.25, -0.2) is 4.98 Å². The summed E-state index contributed by atoms with van der Waals surface area (Å²) in [5, 5.41) is 10.5. The third-order valence-corrected chi connectivity index (χ3v) is 4.47. The highest BCUT2D eigenvalue weighted by Gasteiger charge is 2.27. The highest BCUT2D eigenvalue weighted by Crippen LogP contribution is 2.30. The maximum Gasteiger partial charge on any atom is 0.147 e. The summed E-state index contributed by atoms with van der Waals surface area (Å²) in [6.07, 6.45) is 2.43. The van der Waals surface area contributed by atoms with Crippen LogP contribution in [-0.4, -0.2) is 17.6 Å². The minimum absolute atomic E-state index is 0.435. The highest BCUT2D eigenvalue weighted by molar-refractivity contribution is 5.83. The van der Waals surface area contributed by atoms with E-state index >= 15 is 0 Å². The SMILES string of the molecule is CC1CCCN(c2nc3ccccc3cc2C#N)C1C. The zero-order valence-corrected chi connectivity index (χ0v) is 12.0. The zero-order valence-electron chi connectivity index (χ0n) is 12.0. The summed E-state index contributed by atoms with van der Waals surface area (Å²) in [7, 11) is 0. The summed E-state index contributed by atoms with van der Waals surface area (Å²) in [5.41, 5.74) is 1.65. The van der Waals surface area contributed by atoms with Crippen LogP contribution in [0, 0.1) is 17.2 Å². The number of para-hydroxylation sites is 1. The predicted molar refractivity (Wildman–Crippen MR) is 81.7 cm³/mol. The first-order valence-corrected chi connectivity index (χ1v) is 7.27. The Balaban J connectivity index is 2.12. The highest BCUT2D eigenvalue weighted by atomic mass is 15.2. The Kier molecular flexibility index (Phi) is 3.31. The molecule has 0 radical (unpaired) electrons. The molecule has 0 N–H and O–H groups in total. The molecule has 102 valence electrons. The van der Waals surface area contributed by atoms with Gasteiger partial charge in [-0.3, -0.25) is 0 Å². The Bertz CT molecular complexity index is 671. The Labute approximate surface area is 119 Å². The van der Waals surface area contributed by atoms with Crippen LogP contribution in [0.4, 0.5) is 5.82 Å². The number of hydrogen-bond donors (Lipinski definition) is 0. The monoisotopic (exact) mass is 265 g/mol. The average molecular weight is 265 g/mol. The van der Waals surface area contributed by atoms with Crippen molar-refractivity contribution in [2.45, 2.75) is 32.7 Å². The lowest BCUT2D eigenvalue weighted by atomic mass is 9.91. The Hall–Kier alpha value is -2.08. The van der Waals surface area contributed by atoms with Crippen LogP contribution in [0.3, 0.4) is 0 Å². The molecule has 1 aliphatic rings. The molecule has 2 heterocycles. The van der Waals surface area contributed by atoms with Crippen LogP contribution >= 0.6 is 0 Å². The average Bonchev–Trinajstić information content (AvgIpc) is 2.48. The molecule has 0 bridgehead atoms. The minimum atomic E-state index is 0.435. The van der Waals surface area contributed by atoms with E-state index in [9.17, 15) is 5.26 Å². The second-order valence-electron chi connectivity index (χ2n) is 5.72. The molecule has 0 aliphatic carbocycles. The largest absolute Gasteiger partial charge is 0.353 e. The van der Waals surface area contributed by atoms with Crippen molar-refractivity contribution in [2.75, 3.05) is 11.4 Å². The normalized spacial score (nSPS) is 22.8. The molecule has 0 spiro atoms. The van der Waals surface area contributed by atoms with Crippen molar-refractivity contribution in [3.8, 4) is 6.07 Å². The third kappa shape index (κ3) is 2.12. The lowest BCUT2D eigenvalue weighted by Gasteiger charge is -2.39. The van der Waals surface area contributed by atoms with Crippen LogP contribution < -0.4 is 4.90 Å². The number of benzene rings is 1. The van der Waals surface area contributed by atoms with Crippen molar-refractivity contribution in [2.24, 2.45) is 5.92 Å². The van der Waals surface area contributed by atoms with Gasteiger partial charge in [-0.2, -0.15) is 5.26 Å². The lowest BCUT2D eigenvalue weighted by molar-refractivity contribution is 0.361. The van der Waals surface area contributed by atoms with Gasteiger partial charge in [-0.1, -0.05) is 25.1 Å². The fraction of sp³-hybridized carbons (Fsp3) is 0.412. The fourth-order valence-corrected chi connectivity index (χ4v) is 3.04. The molecule has 0 amide bonds. The van der Waals surface area contributed by atoms with E-state index in [1.54, 1.807) is 0 Å². The summed E-state index contributed by atoms with van der Waals surface area (Å²) in [6.45, 7) is 5.51. The molecular weight excluding hydrogens is 246 g/mol. The van der Waals surface area contributed by atoms with Gasteiger partial charge in [0.2, 0.25) is 0 Å². The Morgan fingerprint density at radius 2 is 2.10 bits per heavy atom. The molecule has 2 unspecified atom stereocenters. The van der Waals surface area contributed by atoms with E-state index in [-0.39, 0.29) is 0 Å². The van der Waals surface area contributed by atoms with Crippen molar-refractivity contribution >= 4 is 16.7 Å². The number of hydrogen-bond acceptors (Lipinski definition) is 3. The standard InChI is InChI=1S/C17H19N3/c1-12-6-5-9-20(13(12)2)17-15(11-18)10-14-7-3-4-8-16(14)19-17/h3-4,7-8,10,12-13H,5-6,9H2,1-2H3. The molecule has 0 saturated carbocycles. The minimum Gasteiger partial charge on any atom is -0.353 e. The summed E-state index contributed by atoms with van der Waals surface area (Å²) in [6, 6.07) is 12.7. The van der Waals surface area contributed by atoms with Gasteiger partial charge in [0.15, 0.2) is 0 Å². The van der Waals surface area contributed by atoms with Crippen LogP contribution in [0.1, 0.15) is 32.3 Å². The molecule has 1 aromatic heterocycles. The number of nitrogens with zero attached hydrogens (tertiary/aromatic N) is 3. The maximum absolute atomic E-state index is 9.44. The van der Waals surface area contributed by atoms with Gasteiger partial charge < -0.3 is 4.90 Å². The van der Waals surface area contributed by atoms with E-state index in [0.717, 1.165) is 23.3 Å². The van der Waals surface area contributed by atoms with Crippen molar-refractivity contribution < 1.29 is 0 Å². The molecule has 1 fully saturated rings. The smallest absolute Gasteiger partial charge is 0.147 e. The Morgan fingerprint density at radius 3 is 2.90 bits per heavy atom. The van der Waals surface area contributed by atoms with E-state index in [4.69, 9.17) is 4.98 Å². The van der Waals surface area contributed by atoms with Crippen molar-refractivity contribution in [3.63, 3.8) is 0 Å². The van der Waals surface area contributed by atoms with Gasteiger partial charge in [-0.15, -0.1) is 0 Å². The van der Waals surface area contributed by atoms with E-state index in [0.29, 0.717) is 17.5 Å². The zero-order chi connectivity index (χ0) is 14.1. The molecule has 1 aromatic carbocycles. The number of piperidine rings is 1. The first kappa shape index (κ1) is 12.9. The molecule has 3 heteroatoms. The van der Waals surface area contributed by atoms with Crippen LogP contribution in [0.15, 0.2) is 30.3 Å². The van der Waals surface area contributed by atoms with Crippen LogP contribution in [0.25, 0.3) is 10.9 Å². The molecule has 2 aromatic rings. The van der Waals surface area contributed by atoms with Crippen molar-refractivity contribution in [1.29, 1.82) is 5.26 Å². The summed E-state index contributed by atoms with van der Waals surface area (Å²) >= 11 is 0. The summed E-state index contributed by atoms with van der Waals surface area (Å²) in [4.78, 5) is 7.06.